The lowest BCUT2D eigenvalue weighted by Crippen LogP contribution is -2.22. The average Bonchev–Trinajstić information content (AvgIpc) is 2.84. The maximum atomic E-state index is 12.1. The number of nitrogens with one attached hydrogen (secondary N) is 1. The number of hydrogen-bond donors (Lipinski definition) is 1. The molecular weight excluding hydrogens is 414 g/mol. The molecule has 1 N–H and O–H groups in total. The van der Waals surface area contributed by atoms with E-state index in [1.165, 1.54) is 11.3 Å². The molecule has 7 heteroatoms. The van der Waals surface area contributed by atoms with Crippen molar-refractivity contribution in [1.29, 1.82) is 0 Å². The van der Waals surface area contributed by atoms with Gasteiger partial charge in [-0.1, -0.05) is 40.2 Å². The Bertz CT molecular complexity index is 651. The van der Waals surface area contributed by atoms with Crippen LogP contribution in [0.1, 0.15) is 11.1 Å². The minimum atomic E-state index is -3.45. The van der Waals surface area contributed by atoms with Crippen LogP contribution in [0.15, 0.2) is 44.4 Å². The van der Waals surface area contributed by atoms with Gasteiger partial charge >= 0.3 is 0 Å². The van der Waals surface area contributed by atoms with Gasteiger partial charge in [-0.25, -0.2) is 13.1 Å². The summed E-state index contributed by atoms with van der Waals surface area (Å²) in [6, 6.07) is 9.51. The van der Waals surface area contributed by atoms with E-state index in [1.807, 2.05) is 24.3 Å². The molecular formula is C12H11Br2NO2S2. The van der Waals surface area contributed by atoms with Crippen molar-refractivity contribution >= 4 is 53.2 Å². The van der Waals surface area contributed by atoms with Crippen molar-refractivity contribution in [3.05, 3.63) is 51.3 Å². The van der Waals surface area contributed by atoms with E-state index in [0.29, 0.717) is 8.68 Å². The third-order valence-electron chi connectivity index (χ3n) is 2.47. The second kappa shape index (κ2) is 6.49. The zero-order chi connectivity index (χ0) is 13.9. The summed E-state index contributed by atoms with van der Waals surface area (Å²) in [5.41, 5.74) is 2.09. The number of thiophene rings is 1. The van der Waals surface area contributed by atoms with Crippen molar-refractivity contribution in [2.45, 2.75) is 16.1 Å². The van der Waals surface area contributed by atoms with Crippen molar-refractivity contribution in [3.8, 4) is 0 Å². The summed E-state index contributed by atoms with van der Waals surface area (Å²) in [5, 5.41) is 2.53. The van der Waals surface area contributed by atoms with Gasteiger partial charge in [0, 0.05) is 16.3 Å². The highest BCUT2D eigenvalue weighted by Gasteiger charge is 2.18. The van der Waals surface area contributed by atoms with Crippen LogP contribution in [0.4, 0.5) is 0 Å². The number of hydrogen-bond acceptors (Lipinski definition) is 3. The van der Waals surface area contributed by atoms with Gasteiger partial charge in [-0.2, -0.15) is 0 Å². The van der Waals surface area contributed by atoms with E-state index in [2.05, 4.69) is 36.6 Å². The minimum Gasteiger partial charge on any atom is -0.206 e. The van der Waals surface area contributed by atoms with Gasteiger partial charge in [-0.05, 0) is 38.5 Å². The van der Waals surface area contributed by atoms with E-state index < -0.39 is 10.0 Å². The van der Waals surface area contributed by atoms with Gasteiger partial charge in [0.1, 0.15) is 4.21 Å². The summed E-state index contributed by atoms with van der Waals surface area (Å²) in [7, 11) is -3.45. The fourth-order valence-electron chi connectivity index (χ4n) is 1.46. The lowest BCUT2D eigenvalue weighted by Gasteiger charge is -2.06. The molecule has 0 aliphatic rings. The number of sulfonamides is 1. The Morgan fingerprint density at radius 3 is 2.26 bits per heavy atom. The molecule has 2 aromatic rings. The molecule has 1 aromatic carbocycles. The van der Waals surface area contributed by atoms with Gasteiger partial charge in [-0.3, -0.25) is 0 Å². The summed E-state index contributed by atoms with van der Waals surface area (Å²) < 4.78 is 27.6. The fourth-order valence-corrected chi connectivity index (χ4v) is 5.23. The molecule has 0 radical (unpaired) electrons. The Kier molecular flexibility index (Phi) is 5.19. The third kappa shape index (κ3) is 3.88. The Hall–Kier alpha value is -0.210. The highest BCUT2D eigenvalue weighted by molar-refractivity contribution is 9.10. The SMILES string of the molecule is O=S(=O)(NCc1ccc(CBr)cc1)c1sccc1Br. The molecule has 1 heterocycles. The Morgan fingerprint density at radius 2 is 1.74 bits per heavy atom. The summed E-state index contributed by atoms with van der Waals surface area (Å²) in [6.45, 7) is 0.287. The topological polar surface area (TPSA) is 46.2 Å². The molecule has 0 bridgehead atoms. The molecule has 0 spiro atoms. The monoisotopic (exact) mass is 423 g/mol. The van der Waals surface area contributed by atoms with Gasteiger partial charge in [0.05, 0.1) is 0 Å². The van der Waals surface area contributed by atoms with Crippen LogP contribution >= 0.6 is 43.2 Å². The molecule has 0 unspecified atom stereocenters. The zero-order valence-corrected chi connectivity index (χ0v) is 14.6. The first-order chi connectivity index (χ1) is 9.03. The number of benzene rings is 1. The van der Waals surface area contributed by atoms with Crippen LogP contribution in [0.3, 0.4) is 0 Å². The van der Waals surface area contributed by atoms with Crippen LogP contribution in [0, 0.1) is 0 Å². The highest BCUT2D eigenvalue weighted by atomic mass is 79.9. The smallest absolute Gasteiger partial charge is 0.206 e. The van der Waals surface area contributed by atoms with Gasteiger partial charge in [0.2, 0.25) is 0 Å². The first-order valence-electron chi connectivity index (χ1n) is 5.39. The van der Waals surface area contributed by atoms with Crippen LogP contribution in [0.25, 0.3) is 0 Å². The minimum absolute atomic E-state index is 0.287. The summed E-state index contributed by atoms with van der Waals surface area (Å²) in [4.78, 5) is 0. The van der Waals surface area contributed by atoms with Gasteiger partial charge < -0.3 is 0 Å². The Labute approximate surface area is 133 Å². The molecule has 0 fully saturated rings. The third-order valence-corrected chi connectivity index (χ3v) is 7.19. The van der Waals surface area contributed by atoms with Crippen molar-refractivity contribution in [3.63, 3.8) is 0 Å². The molecule has 2 rings (SSSR count). The molecule has 1 aromatic heterocycles. The van der Waals surface area contributed by atoms with Crippen molar-refractivity contribution in [2.24, 2.45) is 0 Å². The number of rotatable bonds is 5. The number of halogens is 2. The molecule has 19 heavy (non-hydrogen) atoms. The summed E-state index contributed by atoms with van der Waals surface area (Å²) in [6.07, 6.45) is 0. The summed E-state index contributed by atoms with van der Waals surface area (Å²) >= 11 is 7.80. The van der Waals surface area contributed by atoms with E-state index in [-0.39, 0.29) is 6.54 Å². The molecule has 102 valence electrons. The van der Waals surface area contributed by atoms with Crippen molar-refractivity contribution in [1.82, 2.24) is 4.72 Å². The highest BCUT2D eigenvalue weighted by Crippen LogP contribution is 2.27. The molecule has 3 nitrogen and oxygen atoms in total. The average molecular weight is 425 g/mol. The summed E-state index contributed by atoms with van der Waals surface area (Å²) in [5.74, 6) is 0. The van der Waals surface area contributed by atoms with E-state index >= 15 is 0 Å². The standard InChI is InChI=1S/C12H11Br2NO2S2/c13-7-9-1-3-10(4-2-9)8-15-19(16,17)12-11(14)5-6-18-12/h1-6,15H,7-8H2. The zero-order valence-electron chi connectivity index (χ0n) is 9.77. The van der Waals surface area contributed by atoms with E-state index in [4.69, 9.17) is 0 Å². The second-order valence-electron chi connectivity index (χ2n) is 3.83. The van der Waals surface area contributed by atoms with Crippen LogP contribution in [-0.4, -0.2) is 8.42 Å². The van der Waals surface area contributed by atoms with Crippen molar-refractivity contribution < 1.29 is 8.42 Å². The maximum Gasteiger partial charge on any atom is 0.251 e. The van der Waals surface area contributed by atoms with E-state index in [9.17, 15) is 8.42 Å². The Balaban J connectivity index is 2.07. The van der Waals surface area contributed by atoms with Crippen LogP contribution < -0.4 is 4.72 Å². The normalized spacial score (nSPS) is 11.7. The van der Waals surface area contributed by atoms with Gasteiger partial charge in [0.15, 0.2) is 0 Å². The quantitative estimate of drug-likeness (QED) is 0.740. The largest absolute Gasteiger partial charge is 0.251 e. The van der Waals surface area contributed by atoms with E-state index in [1.54, 1.807) is 11.4 Å². The predicted octanol–water partition coefficient (Wildman–Crippen LogP) is 3.88. The lowest BCUT2D eigenvalue weighted by molar-refractivity contribution is 0.583. The molecule has 0 saturated heterocycles. The molecule has 0 aliphatic heterocycles. The van der Waals surface area contributed by atoms with Crippen LogP contribution in [0.2, 0.25) is 0 Å². The van der Waals surface area contributed by atoms with Crippen LogP contribution in [-0.2, 0) is 21.9 Å². The molecule has 0 aliphatic carbocycles. The second-order valence-corrected chi connectivity index (χ2v) is 8.12. The number of alkyl halides is 1. The molecule has 0 saturated carbocycles. The molecule has 0 atom stereocenters. The first-order valence-corrected chi connectivity index (χ1v) is 9.67. The van der Waals surface area contributed by atoms with Gasteiger partial charge in [-0.15, -0.1) is 11.3 Å². The predicted molar refractivity (Wildman–Crippen MR) is 85.1 cm³/mol. The lowest BCUT2D eigenvalue weighted by atomic mass is 10.2. The van der Waals surface area contributed by atoms with Crippen molar-refractivity contribution in [2.75, 3.05) is 0 Å². The first kappa shape index (κ1) is 15.2. The van der Waals surface area contributed by atoms with E-state index in [0.717, 1.165) is 16.5 Å². The fraction of sp³-hybridized carbons (Fsp3) is 0.167. The maximum absolute atomic E-state index is 12.1. The van der Waals surface area contributed by atoms with Gasteiger partial charge in [0.25, 0.3) is 10.0 Å². The van der Waals surface area contributed by atoms with Crippen LogP contribution in [0.5, 0.6) is 0 Å². The molecule has 0 amide bonds. The Morgan fingerprint density at radius 1 is 1.11 bits per heavy atom.